The van der Waals surface area contributed by atoms with Crippen LogP contribution in [-0.2, 0) is 20.7 Å². The number of nitrogens with one attached hydrogen (secondary N) is 2. The van der Waals surface area contributed by atoms with Crippen LogP contribution in [0.25, 0.3) is 11.1 Å². The van der Waals surface area contributed by atoms with Gasteiger partial charge in [-0.25, -0.2) is 4.79 Å². The van der Waals surface area contributed by atoms with E-state index >= 15 is 0 Å². The van der Waals surface area contributed by atoms with Crippen molar-refractivity contribution in [3.05, 3.63) is 118 Å². The molecule has 4 aromatic rings. The van der Waals surface area contributed by atoms with Gasteiger partial charge in [0.2, 0.25) is 20.1 Å². The number of ether oxygens (including phenoxy) is 2. The molecule has 0 spiro atoms. The molecule has 0 radical (unpaired) electrons. The van der Waals surface area contributed by atoms with Crippen molar-refractivity contribution in [2.45, 2.75) is 96.3 Å². The average Bonchev–Trinajstić information content (AvgIpc) is 3.56. The van der Waals surface area contributed by atoms with Crippen LogP contribution in [0.4, 0.5) is 16.2 Å². The Labute approximate surface area is 340 Å². The molecule has 3 amide bonds. The highest BCUT2D eigenvalue weighted by Gasteiger charge is 2.44. The lowest BCUT2D eigenvalue weighted by Crippen LogP contribution is -2.53. The van der Waals surface area contributed by atoms with Gasteiger partial charge in [0.15, 0.2) is 0 Å². The molecule has 14 heteroatoms. The Balaban J connectivity index is 1.39. The van der Waals surface area contributed by atoms with Gasteiger partial charge in [0, 0.05) is 24.6 Å². The first kappa shape index (κ1) is 42.7. The van der Waals surface area contributed by atoms with Gasteiger partial charge in [-0.05, 0) is 92.0 Å². The fourth-order valence-corrected chi connectivity index (χ4v) is 7.23. The normalized spacial score (nSPS) is 16.3. The molecule has 57 heavy (non-hydrogen) atoms. The third-order valence-corrected chi connectivity index (χ3v) is 14.7. The van der Waals surface area contributed by atoms with E-state index in [-0.39, 0.29) is 40.8 Å². The van der Waals surface area contributed by atoms with E-state index in [1.54, 1.807) is 20.8 Å². The predicted molar refractivity (Wildman–Crippen MR) is 224 cm³/mol. The number of benzene rings is 4. The predicted octanol–water partition coefficient (Wildman–Crippen LogP) is 9.42. The summed E-state index contributed by atoms with van der Waals surface area (Å²) in [5, 5.41) is 17.0. The minimum atomic E-state index is -2.12. The lowest BCUT2D eigenvalue weighted by atomic mass is 10.0. The van der Waals surface area contributed by atoms with Crippen molar-refractivity contribution in [2.24, 2.45) is 0 Å². The first-order chi connectivity index (χ1) is 26.7. The number of anilines is 1. The SMILES string of the molecule is CC(C)(C)OC(=O)N1C[C@@H](Oc2ccc(-c3ccccc3)cc2)C[C@H]1C(=O)N[C@@H](Cc1ccc(O[Si](C)(C)C(C)(C)C)cc1)C(=O)Nc1ccc(Cl)c([N+](=O)[O-])c1. The fraction of sp³-hybridized carbons (Fsp3) is 0.372. The molecule has 0 unspecified atom stereocenters. The van der Waals surface area contributed by atoms with E-state index in [2.05, 4.69) is 44.5 Å². The number of amides is 3. The average molecular weight is 815 g/mol. The zero-order valence-electron chi connectivity index (χ0n) is 33.6. The van der Waals surface area contributed by atoms with E-state index in [1.165, 1.54) is 17.0 Å². The minimum absolute atomic E-state index is 0.0135. The Bertz CT molecular complexity index is 2070. The highest BCUT2D eigenvalue weighted by molar-refractivity contribution is 6.74. The molecule has 1 heterocycles. The summed E-state index contributed by atoms with van der Waals surface area (Å²) in [5.74, 6) is 0.0462. The first-order valence-corrected chi connectivity index (χ1v) is 22.1. The van der Waals surface area contributed by atoms with Crippen LogP contribution in [0.1, 0.15) is 53.5 Å². The van der Waals surface area contributed by atoms with Crippen molar-refractivity contribution in [1.29, 1.82) is 0 Å². The summed E-state index contributed by atoms with van der Waals surface area (Å²) in [7, 11) is -2.12. The number of rotatable bonds is 12. The molecule has 302 valence electrons. The second kappa shape index (κ2) is 17.4. The van der Waals surface area contributed by atoms with E-state index in [4.69, 9.17) is 25.5 Å². The molecule has 1 saturated heterocycles. The van der Waals surface area contributed by atoms with Crippen molar-refractivity contribution < 1.29 is 33.2 Å². The zero-order valence-corrected chi connectivity index (χ0v) is 35.4. The van der Waals surface area contributed by atoms with Crippen LogP contribution in [0.5, 0.6) is 11.5 Å². The Morgan fingerprint density at radius 1 is 0.895 bits per heavy atom. The van der Waals surface area contributed by atoms with Crippen LogP contribution in [0, 0.1) is 10.1 Å². The topological polar surface area (TPSA) is 149 Å². The Hall–Kier alpha value is -5.40. The molecular weight excluding hydrogens is 764 g/mol. The van der Waals surface area contributed by atoms with Crippen molar-refractivity contribution >= 4 is 49.2 Å². The van der Waals surface area contributed by atoms with Crippen LogP contribution in [0.15, 0.2) is 97.1 Å². The Morgan fingerprint density at radius 3 is 2.11 bits per heavy atom. The number of carbonyl (C=O) groups excluding carboxylic acids is 3. The molecule has 3 atom stereocenters. The number of likely N-dealkylation sites (tertiary alicyclic amines) is 1. The molecule has 5 rings (SSSR count). The highest BCUT2D eigenvalue weighted by Crippen LogP contribution is 2.37. The van der Waals surface area contributed by atoms with Crippen LogP contribution < -0.4 is 19.8 Å². The second-order valence-corrected chi connectivity index (χ2v) is 21.8. The molecule has 1 aliphatic rings. The summed E-state index contributed by atoms with van der Waals surface area (Å²) in [6, 6.07) is 26.5. The number of hydrogen-bond donors (Lipinski definition) is 2. The summed E-state index contributed by atoms with van der Waals surface area (Å²) in [6.07, 6.45) is -1.07. The lowest BCUT2D eigenvalue weighted by molar-refractivity contribution is -0.384. The molecule has 0 saturated carbocycles. The summed E-state index contributed by atoms with van der Waals surface area (Å²) < 4.78 is 18.4. The van der Waals surface area contributed by atoms with E-state index in [0.717, 1.165) is 22.8 Å². The molecular formula is C43H51ClN4O8Si. The number of hydrogen-bond acceptors (Lipinski definition) is 8. The van der Waals surface area contributed by atoms with E-state index in [1.807, 2.05) is 78.9 Å². The van der Waals surface area contributed by atoms with Gasteiger partial charge in [-0.15, -0.1) is 0 Å². The molecule has 0 bridgehead atoms. The molecule has 1 fully saturated rings. The Morgan fingerprint density at radius 2 is 1.51 bits per heavy atom. The maximum absolute atomic E-state index is 14.3. The number of nitrogens with zero attached hydrogens (tertiary/aromatic N) is 2. The van der Waals surface area contributed by atoms with Crippen LogP contribution in [-0.4, -0.2) is 66.4 Å². The summed E-state index contributed by atoms with van der Waals surface area (Å²) in [5.41, 5.74) is 1.69. The molecule has 2 N–H and O–H groups in total. The largest absolute Gasteiger partial charge is 0.544 e. The first-order valence-electron chi connectivity index (χ1n) is 18.8. The van der Waals surface area contributed by atoms with Gasteiger partial charge in [0.1, 0.15) is 40.3 Å². The van der Waals surface area contributed by atoms with Gasteiger partial charge in [-0.2, -0.15) is 0 Å². The lowest BCUT2D eigenvalue weighted by Gasteiger charge is -2.36. The number of carbonyl (C=O) groups is 3. The van der Waals surface area contributed by atoms with Crippen molar-refractivity contribution in [1.82, 2.24) is 10.2 Å². The van der Waals surface area contributed by atoms with Gasteiger partial charge in [-0.1, -0.05) is 87.0 Å². The maximum Gasteiger partial charge on any atom is 0.411 e. The quantitative estimate of drug-likeness (QED) is 0.0817. The smallest absolute Gasteiger partial charge is 0.411 e. The fourth-order valence-electron chi connectivity index (χ4n) is 6.02. The molecule has 1 aliphatic heterocycles. The number of nitro benzene ring substituents is 1. The van der Waals surface area contributed by atoms with E-state index in [0.29, 0.717) is 11.5 Å². The molecule has 0 aromatic heterocycles. The van der Waals surface area contributed by atoms with Gasteiger partial charge >= 0.3 is 6.09 Å². The molecule has 12 nitrogen and oxygen atoms in total. The van der Waals surface area contributed by atoms with Gasteiger partial charge in [0.25, 0.3) is 5.69 Å². The van der Waals surface area contributed by atoms with Gasteiger partial charge < -0.3 is 24.5 Å². The standard InChI is InChI=1S/C43H51ClN4O8Si/c1-42(2,3)55-41(51)47-27-34(54-32-21-16-30(17-22-32)29-12-10-9-11-13-29)26-38(47)40(50)46-36(39(49)45-31-18-23-35(44)37(25-31)48(52)53)24-28-14-19-33(20-15-28)56-57(7,8)43(4,5)6/h9-23,25,34,36,38H,24,26-27H2,1-8H3,(H,45,49)(H,46,50)/t34-,36-,38-/m0/s1. The summed E-state index contributed by atoms with van der Waals surface area (Å²) in [4.78, 5) is 54.0. The van der Waals surface area contributed by atoms with Crippen LogP contribution in [0.2, 0.25) is 23.2 Å². The zero-order chi connectivity index (χ0) is 41.7. The van der Waals surface area contributed by atoms with Crippen molar-refractivity contribution in [2.75, 3.05) is 11.9 Å². The monoisotopic (exact) mass is 814 g/mol. The highest BCUT2D eigenvalue weighted by atomic mass is 35.5. The van der Waals surface area contributed by atoms with Crippen LogP contribution >= 0.6 is 11.6 Å². The molecule has 4 aromatic carbocycles. The molecule has 0 aliphatic carbocycles. The van der Waals surface area contributed by atoms with Gasteiger partial charge in [-0.3, -0.25) is 24.6 Å². The second-order valence-electron chi connectivity index (χ2n) is 16.7. The number of halogens is 1. The summed E-state index contributed by atoms with van der Waals surface area (Å²) >= 11 is 6.02. The summed E-state index contributed by atoms with van der Waals surface area (Å²) in [6.45, 7) is 16.0. The third-order valence-electron chi connectivity index (χ3n) is 10.0. The van der Waals surface area contributed by atoms with E-state index < -0.39 is 54.9 Å². The van der Waals surface area contributed by atoms with E-state index in [9.17, 15) is 24.5 Å². The number of nitro groups is 1. The van der Waals surface area contributed by atoms with Crippen molar-refractivity contribution in [3.63, 3.8) is 0 Å². The maximum atomic E-state index is 14.3. The minimum Gasteiger partial charge on any atom is -0.544 e. The van der Waals surface area contributed by atoms with Crippen molar-refractivity contribution in [3.8, 4) is 22.6 Å². The van der Waals surface area contributed by atoms with Gasteiger partial charge in [0.05, 0.1) is 11.5 Å². The Kier molecular flexibility index (Phi) is 13.0. The van der Waals surface area contributed by atoms with Crippen LogP contribution in [0.3, 0.4) is 0 Å². The third kappa shape index (κ3) is 11.4.